The molecule has 0 bridgehead atoms. The summed E-state index contributed by atoms with van der Waals surface area (Å²) in [5.74, 6) is -0.491. The van der Waals surface area contributed by atoms with Crippen molar-refractivity contribution >= 4 is 12.6 Å². The summed E-state index contributed by atoms with van der Waals surface area (Å²) in [4.78, 5) is 0. The van der Waals surface area contributed by atoms with Crippen molar-refractivity contribution in [1.82, 2.24) is 9.78 Å². The van der Waals surface area contributed by atoms with Gasteiger partial charge in [0.2, 0.25) is 0 Å². The van der Waals surface area contributed by atoms with Crippen molar-refractivity contribution in [3.05, 3.63) is 47.0 Å². The lowest BCUT2D eigenvalue weighted by Crippen LogP contribution is -2.34. The average Bonchev–Trinajstić information content (AvgIpc) is 2.60. The second-order valence-corrected chi connectivity index (χ2v) is 4.30. The third kappa shape index (κ3) is 2.60. The molecule has 0 atom stereocenters. The Morgan fingerprint density at radius 1 is 1.28 bits per heavy atom. The summed E-state index contributed by atoms with van der Waals surface area (Å²) in [5.41, 5.74) is 2.66. The summed E-state index contributed by atoms with van der Waals surface area (Å²) in [5, 5.41) is 22.8. The first-order valence-electron chi connectivity index (χ1n) is 5.63. The molecular weight excluding hydrogens is 234 g/mol. The Morgan fingerprint density at radius 2 is 2.00 bits per heavy atom. The summed E-state index contributed by atoms with van der Waals surface area (Å²) in [6, 6.07) is 5.90. The maximum absolute atomic E-state index is 13.1. The highest BCUT2D eigenvalue weighted by atomic mass is 19.1. The molecule has 1 aromatic heterocycles. The number of nitrogens with zero attached hydrogens (tertiary/aromatic N) is 2. The minimum Gasteiger partial charge on any atom is -0.423 e. The van der Waals surface area contributed by atoms with Gasteiger partial charge in [-0.3, -0.25) is 4.68 Å². The molecule has 6 heteroatoms. The van der Waals surface area contributed by atoms with Gasteiger partial charge >= 0.3 is 7.12 Å². The van der Waals surface area contributed by atoms with E-state index in [-0.39, 0.29) is 5.46 Å². The SMILES string of the molecule is Cc1cc(C)n(Cc2ccc(F)cc2B(O)O)n1. The van der Waals surface area contributed by atoms with Crippen LogP contribution in [0.1, 0.15) is 17.0 Å². The van der Waals surface area contributed by atoms with E-state index in [0.29, 0.717) is 12.1 Å². The zero-order valence-corrected chi connectivity index (χ0v) is 10.3. The van der Waals surface area contributed by atoms with E-state index in [4.69, 9.17) is 0 Å². The van der Waals surface area contributed by atoms with Crippen LogP contribution in [0.25, 0.3) is 0 Å². The Hall–Kier alpha value is -1.66. The number of benzene rings is 1. The van der Waals surface area contributed by atoms with Crippen molar-refractivity contribution in [2.24, 2.45) is 0 Å². The molecule has 2 aromatic rings. The summed E-state index contributed by atoms with van der Waals surface area (Å²) in [6.45, 7) is 4.18. The monoisotopic (exact) mass is 248 g/mol. The average molecular weight is 248 g/mol. The van der Waals surface area contributed by atoms with E-state index in [9.17, 15) is 14.4 Å². The van der Waals surface area contributed by atoms with Crippen LogP contribution < -0.4 is 5.46 Å². The molecule has 0 saturated heterocycles. The van der Waals surface area contributed by atoms with Crippen LogP contribution in [0.2, 0.25) is 0 Å². The third-order valence-corrected chi connectivity index (χ3v) is 2.81. The van der Waals surface area contributed by atoms with Crippen molar-refractivity contribution in [1.29, 1.82) is 0 Å². The zero-order valence-electron chi connectivity index (χ0n) is 10.3. The van der Waals surface area contributed by atoms with Gasteiger partial charge in [0.1, 0.15) is 5.82 Å². The molecule has 1 heterocycles. The third-order valence-electron chi connectivity index (χ3n) is 2.81. The van der Waals surface area contributed by atoms with Crippen LogP contribution in [0.15, 0.2) is 24.3 Å². The highest BCUT2D eigenvalue weighted by Gasteiger charge is 2.17. The number of rotatable bonds is 3. The Kier molecular flexibility index (Phi) is 3.49. The summed E-state index contributed by atoms with van der Waals surface area (Å²) < 4.78 is 14.8. The smallest absolute Gasteiger partial charge is 0.423 e. The van der Waals surface area contributed by atoms with Gasteiger partial charge in [-0.2, -0.15) is 5.10 Å². The van der Waals surface area contributed by atoms with E-state index in [1.807, 2.05) is 19.9 Å². The van der Waals surface area contributed by atoms with Gasteiger partial charge in [0, 0.05) is 5.69 Å². The topological polar surface area (TPSA) is 58.3 Å². The standard InChI is InChI=1S/C12H14BFN2O2/c1-8-5-9(2)16(15-8)7-10-3-4-11(14)6-12(10)13(17)18/h3-6,17-18H,7H2,1-2H3. The van der Waals surface area contributed by atoms with Gasteiger partial charge in [-0.05, 0) is 43.1 Å². The van der Waals surface area contributed by atoms with Gasteiger partial charge in [-0.15, -0.1) is 0 Å². The molecule has 0 saturated carbocycles. The molecule has 1 aromatic carbocycles. The fraction of sp³-hybridized carbons (Fsp3) is 0.250. The summed E-state index contributed by atoms with van der Waals surface area (Å²) in [6.07, 6.45) is 0. The molecule has 0 aliphatic rings. The van der Waals surface area contributed by atoms with Crippen LogP contribution in [0.4, 0.5) is 4.39 Å². The lowest BCUT2D eigenvalue weighted by Gasteiger charge is -2.10. The molecule has 0 amide bonds. The Bertz CT molecular complexity index is 569. The number of aryl methyl sites for hydroxylation is 2. The van der Waals surface area contributed by atoms with Crippen LogP contribution >= 0.6 is 0 Å². The van der Waals surface area contributed by atoms with Gasteiger partial charge in [0.25, 0.3) is 0 Å². The van der Waals surface area contributed by atoms with Crippen LogP contribution in [-0.2, 0) is 6.54 Å². The largest absolute Gasteiger partial charge is 0.488 e. The minimum atomic E-state index is -1.69. The minimum absolute atomic E-state index is 0.169. The van der Waals surface area contributed by atoms with E-state index < -0.39 is 12.9 Å². The number of halogens is 1. The molecule has 0 aliphatic heterocycles. The maximum Gasteiger partial charge on any atom is 0.488 e. The Labute approximate surface area is 105 Å². The van der Waals surface area contributed by atoms with Crippen LogP contribution in [0, 0.1) is 19.7 Å². The van der Waals surface area contributed by atoms with E-state index >= 15 is 0 Å². The van der Waals surface area contributed by atoms with E-state index in [1.165, 1.54) is 6.07 Å². The van der Waals surface area contributed by atoms with Crippen LogP contribution in [0.3, 0.4) is 0 Å². The van der Waals surface area contributed by atoms with Crippen LogP contribution in [-0.4, -0.2) is 26.9 Å². The molecule has 0 fully saturated rings. The van der Waals surface area contributed by atoms with Crippen molar-refractivity contribution in [3.8, 4) is 0 Å². The Morgan fingerprint density at radius 3 is 2.56 bits per heavy atom. The normalized spacial score (nSPS) is 10.7. The molecule has 4 nitrogen and oxygen atoms in total. The highest BCUT2D eigenvalue weighted by Crippen LogP contribution is 2.07. The van der Waals surface area contributed by atoms with E-state index in [0.717, 1.165) is 17.5 Å². The van der Waals surface area contributed by atoms with Gasteiger partial charge in [0.15, 0.2) is 0 Å². The first-order valence-corrected chi connectivity index (χ1v) is 5.63. The lowest BCUT2D eigenvalue weighted by atomic mass is 9.77. The number of hydrogen-bond donors (Lipinski definition) is 2. The van der Waals surface area contributed by atoms with Gasteiger partial charge in [-0.1, -0.05) is 6.07 Å². The van der Waals surface area contributed by atoms with Gasteiger partial charge in [-0.25, -0.2) is 4.39 Å². The molecule has 2 N–H and O–H groups in total. The first kappa shape index (κ1) is 12.8. The number of aromatic nitrogens is 2. The Balaban J connectivity index is 2.37. The predicted octanol–water partition coefficient (Wildman–Crippen LogP) is 0.367. The van der Waals surface area contributed by atoms with E-state index in [1.54, 1.807) is 10.7 Å². The second kappa shape index (κ2) is 4.92. The van der Waals surface area contributed by atoms with Gasteiger partial charge < -0.3 is 10.0 Å². The molecule has 0 unspecified atom stereocenters. The van der Waals surface area contributed by atoms with Gasteiger partial charge in [0.05, 0.1) is 12.2 Å². The number of hydrogen-bond acceptors (Lipinski definition) is 3. The second-order valence-electron chi connectivity index (χ2n) is 4.30. The molecule has 0 aliphatic carbocycles. The summed E-state index contributed by atoms with van der Waals surface area (Å²) >= 11 is 0. The molecule has 2 rings (SSSR count). The quantitative estimate of drug-likeness (QED) is 0.771. The lowest BCUT2D eigenvalue weighted by molar-refractivity contribution is 0.424. The molecule has 94 valence electrons. The van der Waals surface area contributed by atoms with Crippen molar-refractivity contribution in [3.63, 3.8) is 0 Å². The summed E-state index contributed by atoms with van der Waals surface area (Å²) in [7, 11) is -1.69. The zero-order chi connectivity index (χ0) is 13.3. The fourth-order valence-corrected chi connectivity index (χ4v) is 1.95. The van der Waals surface area contributed by atoms with E-state index in [2.05, 4.69) is 5.10 Å². The predicted molar refractivity (Wildman–Crippen MR) is 67.0 cm³/mol. The van der Waals surface area contributed by atoms with Crippen LogP contribution in [0.5, 0.6) is 0 Å². The first-order chi connectivity index (χ1) is 8.47. The van der Waals surface area contributed by atoms with Crippen molar-refractivity contribution < 1.29 is 14.4 Å². The molecule has 0 radical (unpaired) electrons. The van der Waals surface area contributed by atoms with Crippen molar-refractivity contribution in [2.45, 2.75) is 20.4 Å². The molecular formula is C12H14BFN2O2. The molecule has 0 spiro atoms. The highest BCUT2D eigenvalue weighted by molar-refractivity contribution is 6.59. The fourth-order valence-electron chi connectivity index (χ4n) is 1.95. The maximum atomic E-state index is 13.1. The van der Waals surface area contributed by atoms with Crippen molar-refractivity contribution in [2.75, 3.05) is 0 Å². The molecule has 18 heavy (non-hydrogen) atoms.